The maximum Gasteiger partial charge on any atom is 0.243 e. The van der Waals surface area contributed by atoms with Crippen molar-refractivity contribution in [2.75, 3.05) is 32.7 Å². The van der Waals surface area contributed by atoms with Crippen LogP contribution in [0.1, 0.15) is 17.3 Å². The molecule has 1 aromatic rings. The molecule has 0 atom stereocenters. The third-order valence-corrected chi connectivity index (χ3v) is 5.57. The summed E-state index contributed by atoms with van der Waals surface area (Å²) in [6.45, 7) is 3.94. The number of nitrogens with zero attached hydrogens (tertiary/aromatic N) is 2. The lowest BCUT2D eigenvalue weighted by Gasteiger charge is -2.30. The molecule has 0 saturated carbocycles. The van der Waals surface area contributed by atoms with Crippen molar-refractivity contribution in [3.05, 3.63) is 29.8 Å². The smallest absolute Gasteiger partial charge is 0.243 e. The van der Waals surface area contributed by atoms with Gasteiger partial charge in [0.1, 0.15) is 6.07 Å². The van der Waals surface area contributed by atoms with E-state index in [1.54, 1.807) is 0 Å². The summed E-state index contributed by atoms with van der Waals surface area (Å²) in [6, 6.07) is 8.12. The number of nitriles is 1. The number of ketones is 1. The molecule has 1 aliphatic heterocycles. The second-order valence-corrected chi connectivity index (χ2v) is 7.01. The van der Waals surface area contributed by atoms with E-state index in [0.717, 1.165) is 4.90 Å². The van der Waals surface area contributed by atoms with Crippen LogP contribution in [-0.2, 0) is 10.0 Å². The van der Waals surface area contributed by atoms with Crippen LogP contribution in [0, 0.1) is 11.3 Å². The average Bonchev–Trinajstić information content (AvgIpc) is 2.48. The molecule has 0 aliphatic carbocycles. The number of rotatable bonds is 4. The van der Waals surface area contributed by atoms with Gasteiger partial charge in [-0.05, 0) is 19.1 Å². The van der Waals surface area contributed by atoms with Crippen LogP contribution >= 0.6 is 0 Å². The minimum Gasteiger partial charge on any atom is -0.321 e. The van der Waals surface area contributed by atoms with Crippen molar-refractivity contribution in [3.8, 4) is 6.07 Å². The SMILES string of the molecule is CC(=O)c1ccc(S(=O)(=O)N2CC[NH+](CC#N)CC2)cc1. The summed E-state index contributed by atoms with van der Waals surface area (Å²) < 4.78 is 26.4. The first-order chi connectivity index (χ1) is 9.95. The van der Waals surface area contributed by atoms with E-state index in [0.29, 0.717) is 38.3 Å². The van der Waals surface area contributed by atoms with Gasteiger partial charge in [-0.25, -0.2) is 8.42 Å². The zero-order chi connectivity index (χ0) is 15.5. The van der Waals surface area contributed by atoms with Crippen LogP contribution in [-0.4, -0.2) is 51.2 Å². The first-order valence-electron chi connectivity index (χ1n) is 6.77. The Bertz CT molecular complexity index is 654. The van der Waals surface area contributed by atoms with Crippen molar-refractivity contribution in [1.29, 1.82) is 5.26 Å². The Labute approximate surface area is 124 Å². The van der Waals surface area contributed by atoms with E-state index >= 15 is 0 Å². The summed E-state index contributed by atoms with van der Waals surface area (Å²) in [5.41, 5.74) is 0.497. The molecule has 2 rings (SSSR count). The largest absolute Gasteiger partial charge is 0.321 e. The average molecular weight is 308 g/mol. The monoisotopic (exact) mass is 308 g/mol. The lowest BCUT2D eigenvalue weighted by molar-refractivity contribution is -0.896. The Morgan fingerprint density at radius 3 is 2.33 bits per heavy atom. The molecular formula is C14H18N3O3S+. The van der Waals surface area contributed by atoms with Gasteiger partial charge in [0.15, 0.2) is 12.3 Å². The highest BCUT2D eigenvalue weighted by Gasteiger charge is 2.30. The van der Waals surface area contributed by atoms with Gasteiger partial charge >= 0.3 is 0 Å². The molecule has 6 nitrogen and oxygen atoms in total. The molecule has 0 spiro atoms. The molecule has 1 N–H and O–H groups in total. The van der Waals surface area contributed by atoms with Crippen molar-refractivity contribution in [2.45, 2.75) is 11.8 Å². The lowest BCUT2D eigenvalue weighted by atomic mass is 10.2. The van der Waals surface area contributed by atoms with Gasteiger partial charge in [-0.15, -0.1) is 0 Å². The molecule has 1 fully saturated rings. The van der Waals surface area contributed by atoms with Crippen molar-refractivity contribution >= 4 is 15.8 Å². The van der Waals surface area contributed by atoms with Crippen molar-refractivity contribution < 1.29 is 18.1 Å². The topological polar surface area (TPSA) is 82.7 Å². The quantitative estimate of drug-likeness (QED) is 0.589. The Morgan fingerprint density at radius 1 is 1.29 bits per heavy atom. The zero-order valence-corrected chi connectivity index (χ0v) is 12.7. The van der Waals surface area contributed by atoms with Crippen LogP contribution in [0.15, 0.2) is 29.2 Å². The Morgan fingerprint density at radius 2 is 1.86 bits per heavy atom. The van der Waals surface area contributed by atoms with E-state index in [1.807, 2.05) is 0 Å². The molecule has 1 aromatic carbocycles. The fraction of sp³-hybridized carbons (Fsp3) is 0.429. The van der Waals surface area contributed by atoms with Gasteiger partial charge in [0.25, 0.3) is 0 Å². The highest BCUT2D eigenvalue weighted by atomic mass is 32.2. The van der Waals surface area contributed by atoms with E-state index in [1.165, 1.54) is 35.5 Å². The molecule has 1 aliphatic rings. The summed E-state index contributed by atoms with van der Waals surface area (Å²) in [4.78, 5) is 12.5. The molecule has 7 heteroatoms. The van der Waals surface area contributed by atoms with Crippen molar-refractivity contribution in [1.82, 2.24) is 4.31 Å². The number of piperazine rings is 1. The summed E-state index contributed by atoms with van der Waals surface area (Å²) in [5.74, 6) is -0.0901. The lowest BCUT2D eigenvalue weighted by Crippen LogP contribution is -3.14. The maximum atomic E-state index is 12.5. The summed E-state index contributed by atoms with van der Waals surface area (Å²) >= 11 is 0. The number of sulfonamides is 1. The third kappa shape index (κ3) is 3.47. The molecule has 0 radical (unpaired) electrons. The van der Waals surface area contributed by atoms with E-state index in [4.69, 9.17) is 5.26 Å². The normalized spacial score (nSPS) is 17.3. The predicted molar refractivity (Wildman–Crippen MR) is 76.4 cm³/mol. The highest BCUT2D eigenvalue weighted by molar-refractivity contribution is 7.89. The van der Waals surface area contributed by atoms with Gasteiger partial charge in [0, 0.05) is 5.56 Å². The molecule has 0 bridgehead atoms. The number of quaternary nitrogens is 1. The number of benzene rings is 1. The Hall–Kier alpha value is -1.75. The van der Waals surface area contributed by atoms with Gasteiger partial charge in [0.05, 0.1) is 31.1 Å². The summed E-state index contributed by atoms with van der Waals surface area (Å²) in [7, 11) is -3.52. The molecular weight excluding hydrogens is 290 g/mol. The highest BCUT2D eigenvalue weighted by Crippen LogP contribution is 2.16. The fourth-order valence-electron chi connectivity index (χ4n) is 2.34. The molecule has 1 saturated heterocycles. The van der Waals surface area contributed by atoms with Crippen LogP contribution < -0.4 is 4.90 Å². The molecule has 1 heterocycles. The van der Waals surface area contributed by atoms with Crippen LogP contribution in [0.2, 0.25) is 0 Å². The molecule has 0 amide bonds. The Balaban J connectivity index is 2.12. The number of hydrogen-bond donors (Lipinski definition) is 1. The fourth-order valence-corrected chi connectivity index (χ4v) is 3.78. The maximum absolute atomic E-state index is 12.5. The van der Waals surface area contributed by atoms with Gasteiger partial charge in [-0.2, -0.15) is 9.57 Å². The zero-order valence-electron chi connectivity index (χ0n) is 11.9. The summed E-state index contributed by atoms with van der Waals surface area (Å²) in [6.07, 6.45) is 0. The van der Waals surface area contributed by atoms with Crippen molar-refractivity contribution in [2.24, 2.45) is 0 Å². The molecule has 0 aromatic heterocycles. The van der Waals surface area contributed by atoms with E-state index in [9.17, 15) is 13.2 Å². The number of carbonyl (C=O) groups is 1. The van der Waals surface area contributed by atoms with E-state index in [2.05, 4.69) is 6.07 Å². The van der Waals surface area contributed by atoms with Gasteiger partial charge in [-0.3, -0.25) is 4.79 Å². The van der Waals surface area contributed by atoms with Gasteiger partial charge < -0.3 is 4.90 Å². The van der Waals surface area contributed by atoms with Crippen molar-refractivity contribution in [3.63, 3.8) is 0 Å². The van der Waals surface area contributed by atoms with E-state index in [-0.39, 0.29) is 10.7 Å². The van der Waals surface area contributed by atoms with Gasteiger partial charge in [0.2, 0.25) is 10.0 Å². The van der Waals surface area contributed by atoms with E-state index < -0.39 is 10.0 Å². The van der Waals surface area contributed by atoms with Crippen LogP contribution in [0.25, 0.3) is 0 Å². The van der Waals surface area contributed by atoms with Crippen LogP contribution in [0.4, 0.5) is 0 Å². The number of nitrogens with one attached hydrogen (secondary N) is 1. The number of Topliss-reactive ketones (excluding diaryl/α,β-unsaturated/α-hetero) is 1. The van der Waals surface area contributed by atoms with Crippen LogP contribution in [0.3, 0.4) is 0 Å². The molecule has 0 unspecified atom stereocenters. The first-order valence-corrected chi connectivity index (χ1v) is 8.21. The summed E-state index contributed by atoms with van der Waals surface area (Å²) in [5, 5.41) is 8.66. The number of hydrogen-bond acceptors (Lipinski definition) is 4. The second kappa shape index (κ2) is 6.35. The minimum atomic E-state index is -3.52. The van der Waals surface area contributed by atoms with Gasteiger partial charge in [-0.1, -0.05) is 12.1 Å². The Kier molecular flexibility index (Phi) is 4.73. The third-order valence-electron chi connectivity index (χ3n) is 3.66. The second-order valence-electron chi connectivity index (χ2n) is 5.07. The molecule has 112 valence electrons. The minimum absolute atomic E-state index is 0.0901. The standard InChI is InChI=1S/C14H17N3O3S/c1-12(18)13-2-4-14(5-3-13)21(19,20)17-10-8-16(7-6-15)9-11-17/h2-5H,7-11H2,1H3/p+1. The molecule has 21 heavy (non-hydrogen) atoms. The predicted octanol–water partition coefficient (Wildman–Crippen LogP) is -0.698. The number of carbonyl (C=O) groups excluding carboxylic acids is 1. The van der Waals surface area contributed by atoms with Crippen LogP contribution in [0.5, 0.6) is 0 Å². The first kappa shape index (κ1) is 15.6.